The molecule has 0 aliphatic rings. The minimum absolute atomic E-state index is 0.206. The van der Waals surface area contributed by atoms with Crippen molar-refractivity contribution < 1.29 is 19.1 Å². The van der Waals surface area contributed by atoms with Crippen molar-refractivity contribution in [1.29, 1.82) is 0 Å². The van der Waals surface area contributed by atoms with Crippen molar-refractivity contribution >= 4 is 11.8 Å². The fourth-order valence-corrected chi connectivity index (χ4v) is 1.86. The van der Waals surface area contributed by atoms with Crippen LogP contribution in [0.3, 0.4) is 0 Å². The molecule has 0 heterocycles. The molecule has 0 spiro atoms. The smallest absolute Gasteiger partial charge is 0.365 e. The first-order valence-electron chi connectivity index (χ1n) is 6.93. The first-order chi connectivity index (χ1) is 11.1. The Morgan fingerprint density at radius 3 is 2.00 bits per heavy atom. The summed E-state index contributed by atoms with van der Waals surface area (Å²) in [6, 6.07) is 13.9. The lowest BCUT2D eigenvalue weighted by Crippen LogP contribution is -2.16. The molecule has 0 atom stereocenters. The quantitative estimate of drug-likeness (QED) is 0.383. The van der Waals surface area contributed by atoms with Crippen molar-refractivity contribution in [2.45, 2.75) is 6.42 Å². The predicted molar refractivity (Wildman–Crippen MR) is 86.7 cm³/mol. The Bertz CT molecular complexity index is 679. The van der Waals surface area contributed by atoms with Crippen LogP contribution in [-0.4, -0.2) is 26.0 Å². The van der Waals surface area contributed by atoms with Crippen molar-refractivity contribution in [1.82, 2.24) is 0 Å². The maximum atomic E-state index is 11.8. The van der Waals surface area contributed by atoms with Crippen LogP contribution < -0.4 is 15.2 Å². The summed E-state index contributed by atoms with van der Waals surface area (Å²) in [5.74, 6) is 1.04. The standard InChI is InChI=1S/C17H18N2O4/c1-21-14-7-3-12(4-8-14)11-16(18)19-23-17(20)13-5-9-15(22-2)10-6-13/h3-10H,11H2,1-2H3,(H2,18,19). The van der Waals surface area contributed by atoms with Gasteiger partial charge in [0.2, 0.25) is 0 Å². The Kier molecular flexibility index (Phi) is 5.57. The molecule has 0 bridgehead atoms. The second-order valence-corrected chi connectivity index (χ2v) is 4.71. The number of oxime groups is 1. The van der Waals surface area contributed by atoms with Crippen molar-refractivity contribution in [2.24, 2.45) is 10.9 Å². The minimum atomic E-state index is -0.578. The van der Waals surface area contributed by atoms with E-state index in [0.29, 0.717) is 17.7 Å². The molecule has 6 nitrogen and oxygen atoms in total. The largest absolute Gasteiger partial charge is 0.497 e. The molecule has 0 saturated carbocycles. The highest BCUT2D eigenvalue weighted by molar-refractivity contribution is 5.90. The van der Waals surface area contributed by atoms with E-state index in [9.17, 15) is 4.79 Å². The van der Waals surface area contributed by atoms with Crippen molar-refractivity contribution in [2.75, 3.05) is 14.2 Å². The van der Waals surface area contributed by atoms with E-state index in [2.05, 4.69) is 5.16 Å². The monoisotopic (exact) mass is 314 g/mol. The summed E-state index contributed by atoms with van der Waals surface area (Å²) >= 11 is 0. The number of methoxy groups -OCH3 is 2. The SMILES string of the molecule is COc1ccc(C/C(N)=N\OC(=O)c2ccc(OC)cc2)cc1. The zero-order chi connectivity index (χ0) is 16.7. The van der Waals surface area contributed by atoms with Crippen LogP contribution in [-0.2, 0) is 11.3 Å². The van der Waals surface area contributed by atoms with Gasteiger partial charge in [-0.1, -0.05) is 17.3 Å². The number of carbonyl (C=O) groups excluding carboxylic acids is 1. The minimum Gasteiger partial charge on any atom is -0.497 e. The number of carbonyl (C=O) groups is 1. The summed E-state index contributed by atoms with van der Waals surface area (Å²) in [6.45, 7) is 0. The summed E-state index contributed by atoms with van der Waals surface area (Å²) in [7, 11) is 3.15. The van der Waals surface area contributed by atoms with Gasteiger partial charge < -0.3 is 20.0 Å². The van der Waals surface area contributed by atoms with Gasteiger partial charge in [-0.2, -0.15) is 0 Å². The Labute approximate surface area is 134 Å². The summed E-state index contributed by atoms with van der Waals surface area (Å²) in [6.07, 6.45) is 0.375. The van der Waals surface area contributed by atoms with Crippen LogP contribution in [0, 0.1) is 0 Å². The van der Waals surface area contributed by atoms with Crippen LogP contribution in [0.5, 0.6) is 11.5 Å². The highest BCUT2D eigenvalue weighted by Gasteiger charge is 2.08. The molecule has 23 heavy (non-hydrogen) atoms. The molecular weight excluding hydrogens is 296 g/mol. The van der Waals surface area contributed by atoms with Gasteiger partial charge in [0.15, 0.2) is 0 Å². The first-order valence-corrected chi connectivity index (χ1v) is 6.93. The van der Waals surface area contributed by atoms with Crippen LogP contribution in [0.2, 0.25) is 0 Å². The van der Waals surface area contributed by atoms with Gasteiger partial charge in [-0.25, -0.2) is 4.79 Å². The topological polar surface area (TPSA) is 83.1 Å². The van der Waals surface area contributed by atoms with Crippen molar-refractivity contribution in [3.63, 3.8) is 0 Å². The van der Waals surface area contributed by atoms with E-state index in [4.69, 9.17) is 20.0 Å². The fourth-order valence-electron chi connectivity index (χ4n) is 1.86. The van der Waals surface area contributed by atoms with Gasteiger partial charge >= 0.3 is 5.97 Å². The number of ether oxygens (including phenoxy) is 2. The average molecular weight is 314 g/mol. The highest BCUT2D eigenvalue weighted by Crippen LogP contribution is 2.13. The molecule has 0 amide bonds. The number of rotatable bonds is 6. The van der Waals surface area contributed by atoms with Gasteiger partial charge in [-0.15, -0.1) is 0 Å². The Morgan fingerprint density at radius 1 is 0.957 bits per heavy atom. The summed E-state index contributed by atoms with van der Waals surface area (Å²) < 4.78 is 10.1. The molecule has 2 rings (SSSR count). The van der Waals surface area contributed by atoms with E-state index in [-0.39, 0.29) is 5.84 Å². The van der Waals surface area contributed by atoms with Gasteiger partial charge in [0, 0.05) is 6.42 Å². The van der Waals surface area contributed by atoms with Crippen LogP contribution in [0.15, 0.2) is 53.7 Å². The third-order valence-corrected chi connectivity index (χ3v) is 3.12. The van der Waals surface area contributed by atoms with Crippen LogP contribution >= 0.6 is 0 Å². The number of benzene rings is 2. The maximum absolute atomic E-state index is 11.8. The second-order valence-electron chi connectivity index (χ2n) is 4.71. The molecular formula is C17H18N2O4. The Hall–Kier alpha value is -3.02. The maximum Gasteiger partial charge on any atom is 0.365 e. The number of amidine groups is 1. The lowest BCUT2D eigenvalue weighted by molar-refractivity contribution is 0.0515. The lowest BCUT2D eigenvalue weighted by atomic mass is 10.1. The lowest BCUT2D eigenvalue weighted by Gasteiger charge is -2.04. The summed E-state index contributed by atoms with van der Waals surface area (Å²) in [5, 5.41) is 3.66. The number of nitrogens with zero attached hydrogens (tertiary/aromatic N) is 1. The van der Waals surface area contributed by atoms with Crippen molar-refractivity contribution in [3.05, 3.63) is 59.7 Å². The van der Waals surface area contributed by atoms with Gasteiger partial charge in [-0.3, -0.25) is 0 Å². The molecule has 120 valence electrons. The average Bonchev–Trinajstić information content (AvgIpc) is 2.60. The third-order valence-electron chi connectivity index (χ3n) is 3.12. The van der Waals surface area contributed by atoms with E-state index in [1.807, 2.05) is 24.3 Å². The van der Waals surface area contributed by atoms with E-state index >= 15 is 0 Å². The fraction of sp³-hybridized carbons (Fsp3) is 0.176. The van der Waals surface area contributed by atoms with Crippen LogP contribution in [0.25, 0.3) is 0 Å². The second kappa shape index (κ2) is 7.84. The molecule has 6 heteroatoms. The van der Waals surface area contributed by atoms with Gasteiger partial charge in [0.05, 0.1) is 19.8 Å². The zero-order valence-electron chi connectivity index (χ0n) is 13.0. The molecule has 2 aromatic carbocycles. The van der Waals surface area contributed by atoms with E-state index in [1.54, 1.807) is 38.5 Å². The number of hydrogen-bond acceptors (Lipinski definition) is 5. The number of nitrogens with two attached hydrogens (primary N) is 1. The van der Waals surface area contributed by atoms with E-state index in [1.165, 1.54) is 0 Å². The van der Waals surface area contributed by atoms with Crippen LogP contribution in [0.1, 0.15) is 15.9 Å². The summed E-state index contributed by atoms with van der Waals surface area (Å²) in [5.41, 5.74) is 7.07. The molecule has 0 aliphatic carbocycles. The number of hydrogen-bond donors (Lipinski definition) is 1. The molecule has 0 unspecified atom stereocenters. The third kappa shape index (κ3) is 4.74. The zero-order valence-corrected chi connectivity index (χ0v) is 13.0. The predicted octanol–water partition coefficient (Wildman–Crippen LogP) is 2.38. The van der Waals surface area contributed by atoms with Gasteiger partial charge in [-0.05, 0) is 42.0 Å². The van der Waals surface area contributed by atoms with Gasteiger partial charge in [0.25, 0.3) is 0 Å². The molecule has 2 aromatic rings. The van der Waals surface area contributed by atoms with E-state index < -0.39 is 5.97 Å². The van der Waals surface area contributed by atoms with E-state index in [0.717, 1.165) is 11.3 Å². The molecule has 0 saturated heterocycles. The molecule has 0 fully saturated rings. The molecule has 2 N–H and O–H groups in total. The Balaban J connectivity index is 1.93. The van der Waals surface area contributed by atoms with Crippen LogP contribution in [0.4, 0.5) is 0 Å². The summed E-state index contributed by atoms with van der Waals surface area (Å²) in [4.78, 5) is 16.7. The molecule has 0 radical (unpaired) electrons. The normalized spacial score (nSPS) is 11.0. The van der Waals surface area contributed by atoms with Crippen molar-refractivity contribution in [3.8, 4) is 11.5 Å². The first kappa shape index (κ1) is 16.4. The molecule has 0 aromatic heterocycles. The Morgan fingerprint density at radius 2 is 1.48 bits per heavy atom. The van der Waals surface area contributed by atoms with Gasteiger partial charge in [0.1, 0.15) is 17.3 Å². The molecule has 0 aliphatic heterocycles. The highest BCUT2D eigenvalue weighted by atomic mass is 16.7.